The topological polar surface area (TPSA) is 49.4 Å². The third-order valence-electron chi connectivity index (χ3n) is 2.70. The Morgan fingerprint density at radius 1 is 1.06 bits per heavy atom. The molecular weight excluding hydrogens is 223 g/mol. The van der Waals surface area contributed by atoms with Gasteiger partial charge in [-0.2, -0.15) is 0 Å². The van der Waals surface area contributed by atoms with Crippen LogP contribution in [0.2, 0.25) is 0 Å². The number of hydrogen-bond acceptors (Lipinski definition) is 3. The molecule has 1 unspecified atom stereocenters. The average Bonchev–Trinajstić information content (AvgIpc) is 2.14. The molecular formula is C12H25O3P. The smallest absolute Gasteiger partial charge is 0.489 e. The molecule has 0 bridgehead atoms. The Bertz CT molecular complexity index is 193. The van der Waals surface area contributed by atoms with Crippen LogP contribution in [0.25, 0.3) is 0 Å². The Morgan fingerprint density at radius 2 is 1.56 bits per heavy atom. The van der Waals surface area contributed by atoms with Gasteiger partial charge in [-0.05, 0) is 24.8 Å². The first-order valence-corrected chi connectivity index (χ1v) is 7.41. The van der Waals surface area contributed by atoms with Crippen molar-refractivity contribution in [2.75, 3.05) is 0 Å². The second-order valence-electron chi connectivity index (χ2n) is 4.95. The van der Waals surface area contributed by atoms with E-state index in [1.54, 1.807) is 0 Å². The van der Waals surface area contributed by atoms with Crippen molar-refractivity contribution in [1.29, 1.82) is 0 Å². The molecule has 0 aliphatic rings. The SMILES string of the molecule is CCCCCCCCCC(C)(C)O[P+](=O)[O-]. The Kier molecular flexibility index (Phi) is 9.10. The minimum atomic E-state index is -2.72. The Morgan fingerprint density at radius 3 is 2.06 bits per heavy atom. The van der Waals surface area contributed by atoms with Gasteiger partial charge in [0.2, 0.25) is 0 Å². The lowest BCUT2D eigenvalue weighted by atomic mass is 10.00. The van der Waals surface area contributed by atoms with Crippen LogP contribution in [-0.4, -0.2) is 5.60 Å². The number of unbranched alkanes of at least 4 members (excludes halogenated alkanes) is 6. The van der Waals surface area contributed by atoms with Gasteiger partial charge in [-0.25, -0.2) is 0 Å². The molecule has 0 aromatic heterocycles. The zero-order valence-electron chi connectivity index (χ0n) is 10.8. The van der Waals surface area contributed by atoms with Gasteiger partial charge in [-0.15, -0.1) is 4.52 Å². The molecule has 0 aliphatic heterocycles. The molecule has 3 nitrogen and oxygen atoms in total. The van der Waals surface area contributed by atoms with Crippen LogP contribution in [0.1, 0.15) is 72.1 Å². The summed E-state index contributed by atoms with van der Waals surface area (Å²) in [5.74, 6) is 0. The van der Waals surface area contributed by atoms with E-state index >= 15 is 0 Å². The van der Waals surface area contributed by atoms with Gasteiger partial charge in [0.15, 0.2) is 0 Å². The molecule has 1 atom stereocenters. The second kappa shape index (κ2) is 9.09. The minimum Gasteiger partial charge on any atom is -0.566 e. The zero-order valence-corrected chi connectivity index (χ0v) is 11.7. The summed E-state index contributed by atoms with van der Waals surface area (Å²) >= 11 is 0. The van der Waals surface area contributed by atoms with Gasteiger partial charge >= 0.3 is 8.25 Å². The highest BCUT2D eigenvalue weighted by Crippen LogP contribution is 2.27. The van der Waals surface area contributed by atoms with Crippen molar-refractivity contribution in [1.82, 2.24) is 0 Å². The minimum absolute atomic E-state index is 0.529. The van der Waals surface area contributed by atoms with Crippen LogP contribution in [0.5, 0.6) is 0 Å². The van der Waals surface area contributed by atoms with Crippen molar-refractivity contribution in [3.8, 4) is 0 Å². The maximum absolute atomic E-state index is 10.4. The van der Waals surface area contributed by atoms with Gasteiger partial charge in [0, 0.05) is 0 Å². The van der Waals surface area contributed by atoms with E-state index in [-0.39, 0.29) is 0 Å². The highest BCUT2D eigenvalue weighted by Gasteiger charge is 2.25. The molecule has 0 aromatic rings. The quantitative estimate of drug-likeness (QED) is 0.434. The van der Waals surface area contributed by atoms with Crippen LogP contribution in [0, 0.1) is 0 Å². The summed E-state index contributed by atoms with van der Waals surface area (Å²) in [6.45, 7) is 5.87. The van der Waals surface area contributed by atoms with Gasteiger partial charge in [0.05, 0.1) is 0 Å². The molecule has 96 valence electrons. The fraction of sp³-hybridized carbons (Fsp3) is 1.00. The predicted octanol–water partition coefficient (Wildman–Crippen LogP) is 3.94. The van der Waals surface area contributed by atoms with E-state index < -0.39 is 13.9 Å². The van der Waals surface area contributed by atoms with E-state index in [9.17, 15) is 9.46 Å². The van der Waals surface area contributed by atoms with Crippen molar-refractivity contribution in [2.24, 2.45) is 0 Å². The molecule has 0 aliphatic carbocycles. The summed E-state index contributed by atoms with van der Waals surface area (Å²) in [6.07, 6.45) is 9.49. The maximum Gasteiger partial charge on any atom is 0.489 e. The van der Waals surface area contributed by atoms with Gasteiger partial charge in [0.25, 0.3) is 0 Å². The fourth-order valence-corrected chi connectivity index (χ4v) is 2.25. The molecule has 16 heavy (non-hydrogen) atoms. The monoisotopic (exact) mass is 248 g/mol. The van der Waals surface area contributed by atoms with Gasteiger partial charge in [-0.3, -0.25) is 0 Å². The first-order chi connectivity index (χ1) is 7.48. The third kappa shape index (κ3) is 10.5. The normalized spacial score (nSPS) is 12.9. The summed E-state index contributed by atoms with van der Waals surface area (Å²) in [5.41, 5.74) is -0.529. The maximum atomic E-state index is 10.4. The predicted molar refractivity (Wildman–Crippen MR) is 65.4 cm³/mol. The van der Waals surface area contributed by atoms with Gasteiger partial charge in [0.1, 0.15) is 5.60 Å². The van der Waals surface area contributed by atoms with Crippen LogP contribution < -0.4 is 4.89 Å². The molecule has 0 rings (SSSR count). The van der Waals surface area contributed by atoms with E-state index in [1.807, 2.05) is 13.8 Å². The second-order valence-corrected chi connectivity index (χ2v) is 5.58. The van der Waals surface area contributed by atoms with E-state index in [0.717, 1.165) is 12.8 Å². The fourth-order valence-electron chi connectivity index (χ4n) is 1.76. The van der Waals surface area contributed by atoms with E-state index in [0.29, 0.717) is 0 Å². The van der Waals surface area contributed by atoms with Gasteiger partial charge < -0.3 is 4.89 Å². The van der Waals surface area contributed by atoms with Crippen LogP contribution in [0.3, 0.4) is 0 Å². The Labute approximate surface area is 101 Å². The summed E-state index contributed by atoms with van der Waals surface area (Å²) in [5, 5.41) is 0. The molecule has 0 fully saturated rings. The zero-order chi connectivity index (χ0) is 12.4. The first-order valence-electron chi connectivity index (χ1n) is 6.31. The van der Waals surface area contributed by atoms with Crippen molar-refractivity contribution in [2.45, 2.75) is 77.7 Å². The highest BCUT2D eigenvalue weighted by atomic mass is 31.1. The van der Waals surface area contributed by atoms with E-state index in [1.165, 1.54) is 38.5 Å². The van der Waals surface area contributed by atoms with Crippen LogP contribution in [0.15, 0.2) is 0 Å². The first kappa shape index (κ1) is 16.0. The summed E-state index contributed by atoms with van der Waals surface area (Å²) < 4.78 is 15.3. The van der Waals surface area contributed by atoms with Crippen LogP contribution in [0.4, 0.5) is 0 Å². The number of rotatable bonds is 10. The molecule has 0 spiro atoms. The lowest BCUT2D eigenvalue weighted by Gasteiger charge is -2.17. The van der Waals surface area contributed by atoms with E-state index in [2.05, 4.69) is 6.92 Å². The average molecular weight is 248 g/mol. The molecule has 0 aromatic carbocycles. The van der Waals surface area contributed by atoms with Crippen molar-refractivity contribution in [3.63, 3.8) is 0 Å². The van der Waals surface area contributed by atoms with Gasteiger partial charge in [-0.1, -0.05) is 51.9 Å². The van der Waals surface area contributed by atoms with Crippen molar-refractivity contribution < 1.29 is 14.0 Å². The molecule has 0 amide bonds. The van der Waals surface area contributed by atoms with Crippen molar-refractivity contribution >= 4 is 8.25 Å². The summed E-state index contributed by atoms with van der Waals surface area (Å²) in [4.78, 5) is 10.4. The molecule has 0 saturated carbocycles. The lowest BCUT2D eigenvalue weighted by molar-refractivity contribution is -0.194. The van der Waals surface area contributed by atoms with E-state index in [4.69, 9.17) is 4.52 Å². The third-order valence-corrected chi connectivity index (χ3v) is 3.35. The number of hydrogen-bond donors (Lipinski definition) is 0. The Balaban J connectivity index is 3.39. The molecule has 0 radical (unpaired) electrons. The van der Waals surface area contributed by atoms with Crippen molar-refractivity contribution in [3.05, 3.63) is 0 Å². The molecule has 4 heteroatoms. The standard InChI is InChI=1S/C12H25O3P/c1-4-5-6-7-8-9-10-11-12(2,3)15-16(13)14/h4-11H2,1-3H3. The summed E-state index contributed by atoms with van der Waals surface area (Å²) in [7, 11) is -2.72. The van der Waals surface area contributed by atoms with Crippen LogP contribution >= 0.6 is 8.25 Å². The van der Waals surface area contributed by atoms with Crippen LogP contribution in [-0.2, 0) is 9.09 Å². The lowest BCUT2D eigenvalue weighted by Crippen LogP contribution is -2.22. The Hall–Kier alpha value is 0.0200. The molecule has 0 heterocycles. The molecule has 0 saturated heterocycles. The summed E-state index contributed by atoms with van der Waals surface area (Å²) in [6, 6.07) is 0. The molecule has 0 N–H and O–H groups in total. The highest BCUT2D eigenvalue weighted by molar-refractivity contribution is 7.30. The largest absolute Gasteiger partial charge is 0.566 e.